The van der Waals surface area contributed by atoms with Crippen molar-refractivity contribution in [3.05, 3.63) is 18.1 Å². The van der Waals surface area contributed by atoms with Gasteiger partial charge in [0.1, 0.15) is 11.8 Å². The number of anilines is 1. The predicted octanol–water partition coefficient (Wildman–Crippen LogP) is 1.79. The first kappa shape index (κ1) is 20.0. The highest BCUT2D eigenvalue weighted by molar-refractivity contribution is 7.99. The molecule has 2 rings (SSSR count). The summed E-state index contributed by atoms with van der Waals surface area (Å²) in [6.07, 6.45) is 5.29. The molecule has 0 fully saturated rings. The Kier molecular flexibility index (Phi) is 8.47. The Bertz CT molecular complexity index is 635. The van der Waals surface area contributed by atoms with E-state index in [0.29, 0.717) is 12.4 Å². The number of H-pyrrole nitrogens is 1. The largest absolute Gasteiger partial charge is 0.393 e. The lowest BCUT2D eigenvalue weighted by Gasteiger charge is -2.20. The summed E-state index contributed by atoms with van der Waals surface area (Å²) in [5.41, 5.74) is 8.52. The summed E-state index contributed by atoms with van der Waals surface area (Å²) < 4.78 is 5.06. The van der Waals surface area contributed by atoms with Gasteiger partial charge in [0.05, 0.1) is 11.6 Å². The number of aliphatic hydroxyl groups is 1. The molecule has 0 saturated heterocycles. The monoisotopic (exact) mass is 367 g/mol. The second kappa shape index (κ2) is 10.6. The Labute approximate surface area is 153 Å². The van der Waals surface area contributed by atoms with Crippen LogP contribution in [0.25, 0.3) is 11.0 Å². The lowest BCUT2D eigenvalue weighted by Crippen LogP contribution is -2.31. The summed E-state index contributed by atoms with van der Waals surface area (Å²) in [5, 5.41) is 13.4. The average molecular weight is 368 g/mol. The maximum atomic E-state index is 10.0. The van der Waals surface area contributed by atoms with Gasteiger partial charge in [0, 0.05) is 44.5 Å². The van der Waals surface area contributed by atoms with Gasteiger partial charge in [-0.15, -0.1) is 0 Å². The molecule has 0 aromatic carbocycles. The third kappa shape index (κ3) is 6.14. The highest BCUT2D eigenvalue weighted by Crippen LogP contribution is 2.19. The number of rotatable bonds is 12. The fraction of sp³-hybridized carbons (Fsp3) is 0.647. The number of nitrogens with two attached hydrogens (primary N) is 1. The Hall–Kier alpha value is -1.35. The van der Waals surface area contributed by atoms with E-state index in [0.717, 1.165) is 54.1 Å². The van der Waals surface area contributed by atoms with E-state index >= 15 is 0 Å². The van der Waals surface area contributed by atoms with Crippen molar-refractivity contribution in [1.29, 1.82) is 0 Å². The minimum Gasteiger partial charge on any atom is -0.393 e. The first-order valence-corrected chi connectivity index (χ1v) is 9.80. The van der Waals surface area contributed by atoms with Crippen LogP contribution in [0.1, 0.15) is 25.3 Å². The van der Waals surface area contributed by atoms with E-state index in [4.69, 9.17) is 10.5 Å². The van der Waals surface area contributed by atoms with Crippen LogP contribution in [0, 0.1) is 5.92 Å². The fourth-order valence-electron chi connectivity index (χ4n) is 2.59. The fourth-order valence-corrected chi connectivity index (χ4v) is 3.87. The quantitative estimate of drug-likeness (QED) is 0.423. The molecule has 0 amide bonds. The molecule has 2 aromatic rings. The van der Waals surface area contributed by atoms with E-state index in [9.17, 15) is 5.11 Å². The van der Waals surface area contributed by atoms with Gasteiger partial charge in [-0.2, -0.15) is 11.8 Å². The zero-order valence-corrected chi connectivity index (χ0v) is 15.8. The van der Waals surface area contributed by atoms with Crippen molar-refractivity contribution in [2.24, 2.45) is 5.92 Å². The number of nitrogens with one attached hydrogen (secondary N) is 2. The van der Waals surface area contributed by atoms with E-state index < -0.39 is 0 Å². The molecule has 2 aromatic heterocycles. The first-order chi connectivity index (χ1) is 12.1. The molecule has 0 aliphatic heterocycles. The lowest BCUT2D eigenvalue weighted by molar-refractivity contribution is 0.136. The Morgan fingerprint density at radius 2 is 2.24 bits per heavy atom. The predicted molar refractivity (Wildman–Crippen MR) is 104 cm³/mol. The summed E-state index contributed by atoms with van der Waals surface area (Å²) >= 11 is 1.89. The molecule has 8 heteroatoms. The number of ether oxygens (including phenoxy) is 1. The van der Waals surface area contributed by atoms with Crippen molar-refractivity contribution in [3.63, 3.8) is 0 Å². The third-order valence-electron chi connectivity index (χ3n) is 4.19. The molecule has 0 aliphatic rings. The number of thioether (sulfide) groups is 1. The zero-order chi connectivity index (χ0) is 18.1. The van der Waals surface area contributed by atoms with Crippen LogP contribution < -0.4 is 11.1 Å². The molecule has 0 aliphatic carbocycles. The van der Waals surface area contributed by atoms with Crippen molar-refractivity contribution in [3.8, 4) is 0 Å². The van der Waals surface area contributed by atoms with Crippen molar-refractivity contribution in [2.45, 2.75) is 32.4 Å². The van der Waals surface area contributed by atoms with Gasteiger partial charge in [0.15, 0.2) is 5.82 Å². The van der Waals surface area contributed by atoms with Crippen molar-refractivity contribution in [2.75, 3.05) is 37.5 Å². The minimum atomic E-state index is -0.333. The first-order valence-electron chi connectivity index (χ1n) is 8.65. The second-order valence-corrected chi connectivity index (χ2v) is 7.35. The Morgan fingerprint density at radius 3 is 3.00 bits per heavy atom. The number of hydrogen-bond acceptors (Lipinski definition) is 7. The molecular weight excluding hydrogens is 338 g/mol. The Morgan fingerprint density at radius 1 is 1.40 bits per heavy atom. The molecule has 7 nitrogen and oxygen atoms in total. The number of unbranched alkanes of at least 4 members (excludes halogenated alkanes) is 1. The van der Waals surface area contributed by atoms with Gasteiger partial charge in [0.25, 0.3) is 0 Å². The summed E-state index contributed by atoms with van der Waals surface area (Å²) in [4.78, 5) is 11.4. The molecule has 140 valence electrons. The molecule has 2 atom stereocenters. The number of nitrogens with zero attached hydrogens (tertiary/aromatic N) is 2. The number of hydrogen-bond donors (Lipinski definition) is 4. The number of aromatic nitrogens is 3. The van der Waals surface area contributed by atoms with Crippen LogP contribution in [0.4, 0.5) is 5.82 Å². The van der Waals surface area contributed by atoms with Crippen LogP contribution >= 0.6 is 11.8 Å². The van der Waals surface area contributed by atoms with Crippen LogP contribution in [0.15, 0.2) is 12.5 Å². The second-order valence-electron chi connectivity index (χ2n) is 6.20. The van der Waals surface area contributed by atoms with Gasteiger partial charge >= 0.3 is 0 Å². The number of fused-ring (bicyclic) bond motifs is 1. The van der Waals surface area contributed by atoms with Crippen molar-refractivity contribution < 1.29 is 9.84 Å². The van der Waals surface area contributed by atoms with Gasteiger partial charge < -0.3 is 25.9 Å². The lowest BCUT2D eigenvalue weighted by atomic mass is 10.1. The molecule has 0 saturated carbocycles. The van der Waals surface area contributed by atoms with Crippen LogP contribution in [-0.4, -0.2) is 57.9 Å². The van der Waals surface area contributed by atoms with E-state index in [-0.39, 0.29) is 12.0 Å². The topological polar surface area (TPSA) is 109 Å². The number of nitrogen functional groups attached to an aromatic ring is 1. The van der Waals surface area contributed by atoms with Crippen LogP contribution in [0.5, 0.6) is 0 Å². The molecule has 25 heavy (non-hydrogen) atoms. The molecular formula is C17H29N5O2S. The van der Waals surface area contributed by atoms with Gasteiger partial charge in [-0.05, 0) is 31.3 Å². The molecule has 0 bridgehead atoms. The third-order valence-corrected chi connectivity index (χ3v) is 5.44. The molecule has 2 heterocycles. The molecule has 5 N–H and O–H groups in total. The number of aliphatic hydroxyl groups excluding tert-OH is 1. The molecule has 0 radical (unpaired) electrons. The van der Waals surface area contributed by atoms with Crippen LogP contribution in [-0.2, 0) is 11.3 Å². The SMILES string of the molecule is COCCCCSC[C@H](CNCc1c[nH]c2c(N)ncnc12)[C@@H](C)O. The van der Waals surface area contributed by atoms with Crippen LogP contribution in [0.3, 0.4) is 0 Å². The summed E-state index contributed by atoms with van der Waals surface area (Å²) in [6, 6.07) is 0. The van der Waals surface area contributed by atoms with Crippen LogP contribution in [0.2, 0.25) is 0 Å². The normalized spacial score (nSPS) is 14.0. The highest BCUT2D eigenvalue weighted by atomic mass is 32.2. The standard InChI is InChI=1S/C17H29N5O2S/c1-12(23)14(10-25-6-4-3-5-24-2)8-19-7-13-9-20-16-15(13)21-11-22-17(16)18/h9,11-12,14,19-20,23H,3-8,10H2,1-2H3,(H2,18,21,22)/t12-,14+/m1/s1. The van der Waals surface area contributed by atoms with E-state index in [1.165, 1.54) is 6.33 Å². The van der Waals surface area contributed by atoms with Gasteiger partial charge in [-0.1, -0.05) is 0 Å². The van der Waals surface area contributed by atoms with Gasteiger partial charge in [0.2, 0.25) is 0 Å². The number of aromatic amines is 1. The molecule has 0 unspecified atom stereocenters. The smallest absolute Gasteiger partial charge is 0.151 e. The van der Waals surface area contributed by atoms with Gasteiger partial charge in [-0.3, -0.25) is 0 Å². The summed E-state index contributed by atoms with van der Waals surface area (Å²) in [6.45, 7) is 4.12. The number of methoxy groups -OCH3 is 1. The van der Waals surface area contributed by atoms with Crippen molar-refractivity contribution in [1.82, 2.24) is 20.3 Å². The van der Waals surface area contributed by atoms with Gasteiger partial charge in [-0.25, -0.2) is 9.97 Å². The zero-order valence-electron chi connectivity index (χ0n) is 15.0. The van der Waals surface area contributed by atoms with E-state index in [2.05, 4.69) is 20.3 Å². The summed E-state index contributed by atoms with van der Waals surface area (Å²) in [5.74, 6) is 2.73. The maximum absolute atomic E-state index is 10.0. The van der Waals surface area contributed by atoms with Crippen molar-refractivity contribution >= 4 is 28.6 Å². The highest BCUT2D eigenvalue weighted by Gasteiger charge is 2.15. The Balaban J connectivity index is 1.76. The molecule has 0 spiro atoms. The summed E-state index contributed by atoms with van der Waals surface area (Å²) in [7, 11) is 1.73. The van der Waals surface area contributed by atoms with E-state index in [1.54, 1.807) is 7.11 Å². The van der Waals surface area contributed by atoms with E-state index in [1.807, 2.05) is 24.9 Å². The maximum Gasteiger partial charge on any atom is 0.151 e. The minimum absolute atomic E-state index is 0.220. The average Bonchev–Trinajstić information content (AvgIpc) is 3.00.